The van der Waals surface area contributed by atoms with Gasteiger partial charge in [-0.05, 0) is 0 Å². The van der Waals surface area contributed by atoms with Crippen LogP contribution in [0.15, 0.2) is 17.9 Å². The van der Waals surface area contributed by atoms with Gasteiger partial charge in [0.2, 0.25) is 0 Å². The summed E-state index contributed by atoms with van der Waals surface area (Å²) in [4.78, 5) is 33.7. The van der Waals surface area contributed by atoms with Gasteiger partial charge in [-0.25, -0.2) is 14.8 Å². The third-order valence-electron chi connectivity index (χ3n) is 2.54. The zero-order valence-corrected chi connectivity index (χ0v) is 11.2. The number of carboxylic acids is 1. The lowest BCUT2D eigenvalue weighted by atomic mass is 10.1. The predicted octanol–water partition coefficient (Wildman–Crippen LogP) is -0.249. The van der Waals surface area contributed by atoms with Crippen molar-refractivity contribution in [3.63, 3.8) is 0 Å². The Balaban J connectivity index is 2.04. The molecule has 0 fully saturated rings. The molecule has 0 saturated heterocycles. The maximum atomic E-state index is 11.9. The van der Waals surface area contributed by atoms with Crippen LogP contribution in [0.3, 0.4) is 0 Å². The number of aromatic amines is 1. The third-order valence-corrected chi connectivity index (χ3v) is 3.41. The lowest BCUT2D eigenvalue weighted by Gasteiger charge is -2.12. The molecule has 0 aliphatic carbocycles. The van der Waals surface area contributed by atoms with E-state index in [1.807, 2.05) is 0 Å². The van der Waals surface area contributed by atoms with Crippen LogP contribution in [0.5, 0.6) is 0 Å². The molecule has 5 N–H and O–H groups in total. The molecule has 2 heterocycles. The van der Waals surface area contributed by atoms with Crippen molar-refractivity contribution in [2.24, 2.45) is 5.73 Å². The van der Waals surface area contributed by atoms with Gasteiger partial charge in [0.25, 0.3) is 5.91 Å². The van der Waals surface area contributed by atoms with E-state index in [0.29, 0.717) is 10.7 Å². The summed E-state index contributed by atoms with van der Waals surface area (Å²) in [5.41, 5.74) is 6.21. The topological polar surface area (TPSA) is 134 Å². The first-order valence-electron chi connectivity index (χ1n) is 5.75. The Bertz CT molecular complexity index is 595. The van der Waals surface area contributed by atoms with E-state index in [2.05, 4.69) is 20.3 Å². The number of aromatic nitrogens is 3. The lowest BCUT2D eigenvalue weighted by molar-refractivity contribution is -0.139. The van der Waals surface area contributed by atoms with E-state index in [1.165, 1.54) is 23.9 Å². The highest BCUT2D eigenvalue weighted by molar-refractivity contribution is 7.09. The number of carbonyl (C=O) groups excluding carboxylic acids is 1. The van der Waals surface area contributed by atoms with Crippen molar-refractivity contribution in [2.45, 2.75) is 19.0 Å². The molecule has 1 atom stereocenters. The zero-order valence-electron chi connectivity index (χ0n) is 10.4. The molecular formula is C11H13N5O3S. The molecule has 2 aromatic rings. The van der Waals surface area contributed by atoms with Crippen LogP contribution in [0.4, 0.5) is 0 Å². The number of imidazole rings is 1. The molecule has 0 spiro atoms. The summed E-state index contributed by atoms with van der Waals surface area (Å²) in [5.74, 6) is -1.66. The molecule has 0 radical (unpaired) electrons. The van der Waals surface area contributed by atoms with E-state index in [0.717, 1.165) is 0 Å². The van der Waals surface area contributed by atoms with Gasteiger partial charge in [-0.3, -0.25) is 4.79 Å². The first-order valence-corrected chi connectivity index (χ1v) is 6.63. The largest absolute Gasteiger partial charge is 0.480 e. The molecule has 0 aliphatic rings. The fourth-order valence-corrected chi connectivity index (χ4v) is 2.21. The Morgan fingerprint density at radius 2 is 2.35 bits per heavy atom. The van der Waals surface area contributed by atoms with Gasteiger partial charge in [0, 0.05) is 30.2 Å². The van der Waals surface area contributed by atoms with Crippen LogP contribution in [-0.4, -0.2) is 38.0 Å². The highest BCUT2D eigenvalue weighted by Gasteiger charge is 2.22. The van der Waals surface area contributed by atoms with Crippen LogP contribution < -0.4 is 11.1 Å². The molecular weight excluding hydrogens is 282 g/mol. The van der Waals surface area contributed by atoms with Crippen LogP contribution in [0.2, 0.25) is 0 Å². The van der Waals surface area contributed by atoms with Gasteiger partial charge >= 0.3 is 5.97 Å². The molecule has 0 unspecified atom stereocenters. The minimum Gasteiger partial charge on any atom is -0.480 e. The molecule has 2 aromatic heterocycles. The molecule has 9 heteroatoms. The van der Waals surface area contributed by atoms with E-state index in [-0.39, 0.29) is 18.7 Å². The summed E-state index contributed by atoms with van der Waals surface area (Å²) >= 11 is 1.26. The second kappa shape index (κ2) is 6.26. The summed E-state index contributed by atoms with van der Waals surface area (Å²) in [7, 11) is 0. The van der Waals surface area contributed by atoms with Crippen molar-refractivity contribution in [3.8, 4) is 0 Å². The number of nitrogens with zero attached hydrogens (tertiary/aromatic N) is 2. The molecule has 0 aliphatic heterocycles. The first kappa shape index (κ1) is 14.2. The number of hydrogen-bond donors (Lipinski definition) is 4. The summed E-state index contributed by atoms with van der Waals surface area (Å²) in [6, 6.07) is -1.05. The van der Waals surface area contributed by atoms with Crippen LogP contribution in [-0.2, 0) is 17.8 Å². The smallest absolute Gasteiger partial charge is 0.326 e. The number of thiazole rings is 1. The first-order chi connectivity index (χ1) is 9.60. The molecule has 2 rings (SSSR count). The number of H-pyrrole nitrogens is 1. The number of nitrogens with one attached hydrogen (secondary N) is 2. The molecule has 20 heavy (non-hydrogen) atoms. The van der Waals surface area contributed by atoms with Gasteiger partial charge in [0.15, 0.2) is 0 Å². The second-order valence-electron chi connectivity index (χ2n) is 3.98. The van der Waals surface area contributed by atoms with E-state index in [4.69, 9.17) is 10.8 Å². The highest BCUT2D eigenvalue weighted by atomic mass is 32.1. The summed E-state index contributed by atoms with van der Waals surface area (Å²) in [6.07, 6.45) is 3.08. The standard InChI is InChI=1S/C11H13N5O3S/c12-2-9-15-8(4-20-9)10(17)16-7(11(18)19)1-6-3-13-5-14-6/h3-5,7H,1-2,12H2,(H,13,14)(H,16,17)(H,18,19)/t7-/m0/s1. The van der Waals surface area contributed by atoms with Crippen LogP contribution >= 0.6 is 11.3 Å². The quantitative estimate of drug-likeness (QED) is 0.580. The summed E-state index contributed by atoms with van der Waals surface area (Å²) in [5, 5.41) is 13.7. The van der Waals surface area contributed by atoms with Gasteiger partial charge < -0.3 is 21.1 Å². The Morgan fingerprint density at radius 3 is 2.90 bits per heavy atom. The van der Waals surface area contributed by atoms with Crippen molar-refractivity contribution >= 4 is 23.2 Å². The summed E-state index contributed by atoms with van der Waals surface area (Å²) < 4.78 is 0. The second-order valence-corrected chi connectivity index (χ2v) is 4.92. The highest BCUT2D eigenvalue weighted by Crippen LogP contribution is 2.09. The number of amides is 1. The normalized spacial score (nSPS) is 12.1. The molecule has 0 bridgehead atoms. The third kappa shape index (κ3) is 3.39. The Labute approximate surface area is 118 Å². The van der Waals surface area contributed by atoms with Crippen molar-refractivity contribution in [3.05, 3.63) is 34.3 Å². The van der Waals surface area contributed by atoms with Crippen LogP contribution in [0.25, 0.3) is 0 Å². The zero-order chi connectivity index (χ0) is 14.5. The fraction of sp³-hybridized carbons (Fsp3) is 0.273. The van der Waals surface area contributed by atoms with E-state index >= 15 is 0 Å². The van der Waals surface area contributed by atoms with Gasteiger partial charge in [0.1, 0.15) is 16.7 Å². The van der Waals surface area contributed by atoms with Crippen LogP contribution in [0.1, 0.15) is 21.2 Å². The average molecular weight is 295 g/mol. The van der Waals surface area contributed by atoms with Gasteiger partial charge in [0.05, 0.1) is 6.33 Å². The average Bonchev–Trinajstić information content (AvgIpc) is 3.08. The number of carbonyl (C=O) groups is 2. The molecule has 0 saturated carbocycles. The Hall–Kier alpha value is -2.26. The molecule has 1 amide bonds. The Morgan fingerprint density at radius 1 is 1.55 bits per heavy atom. The number of rotatable bonds is 6. The van der Waals surface area contributed by atoms with Crippen molar-refractivity contribution in [1.82, 2.24) is 20.3 Å². The van der Waals surface area contributed by atoms with Gasteiger partial charge in [-0.2, -0.15) is 0 Å². The van der Waals surface area contributed by atoms with E-state index in [1.54, 1.807) is 5.38 Å². The predicted molar refractivity (Wildman–Crippen MR) is 71.2 cm³/mol. The maximum Gasteiger partial charge on any atom is 0.326 e. The van der Waals surface area contributed by atoms with Gasteiger partial charge in [-0.1, -0.05) is 0 Å². The minimum atomic E-state index is -1.12. The number of nitrogens with two attached hydrogens (primary N) is 1. The number of hydrogen-bond acceptors (Lipinski definition) is 6. The molecule has 106 valence electrons. The summed E-state index contributed by atoms with van der Waals surface area (Å²) in [6.45, 7) is 0.244. The number of carboxylic acid groups (broad SMARTS) is 1. The lowest BCUT2D eigenvalue weighted by Crippen LogP contribution is -2.42. The van der Waals surface area contributed by atoms with Crippen molar-refractivity contribution < 1.29 is 14.7 Å². The molecule has 8 nitrogen and oxygen atoms in total. The fourth-order valence-electron chi connectivity index (χ4n) is 1.56. The van der Waals surface area contributed by atoms with Crippen LogP contribution in [0, 0.1) is 0 Å². The van der Waals surface area contributed by atoms with E-state index < -0.39 is 17.9 Å². The Kier molecular flexibility index (Phi) is 4.43. The SMILES string of the molecule is NCc1nc(C(=O)N[C@@H](Cc2cnc[nH]2)C(=O)O)cs1. The van der Waals surface area contributed by atoms with Crippen molar-refractivity contribution in [1.29, 1.82) is 0 Å². The monoisotopic (exact) mass is 295 g/mol. The van der Waals surface area contributed by atoms with Gasteiger partial charge in [-0.15, -0.1) is 11.3 Å². The maximum absolute atomic E-state index is 11.9. The van der Waals surface area contributed by atoms with E-state index in [9.17, 15) is 9.59 Å². The number of aliphatic carboxylic acids is 1. The molecule has 0 aromatic carbocycles. The van der Waals surface area contributed by atoms with Crippen molar-refractivity contribution in [2.75, 3.05) is 0 Å². The minimum absolute atomic E-state index is 0.120.